The van der Waals surface area contributed by atoms with Gasteiger partial charge in [-0.25, -0.2) is 9.37 Å². The summed E-state index contributed by atoms with van der Waals surface area (Å²) < 4.78 is 20.5. The highest BCUT2D eigenvalue weighted by Gasteiger charge is 2.15. The van der Waals surface area contributed by atoms with E-state index < -0.39 is 5.82 Å². The molecule has 0 amide bonds. The Hall–Kier alpha value is -2.40. The first kappa shape index (κ1) is 12.6. The number of hydrogen-bond donors (Lipinski definition) is 1. The van der Waals surface area contributed by atoms with Crippen molar-refractivity contribution in [3.63, 3.8) is 0 Å². The summed E-state index contributed by atoms with van der Waals surface area (Å²) in [6, 6.07) is 10.2. The van der Waals surface area contributed by atoms with Crippen molar-refractivity contribution in [2.45, 2.75) is 6.61 Å². The number of aliphatic hydroxyl groups is 1. The molecule has 2 aromatic heterocycles. The Balaban J connectivity index is 2.27. The number of nitrogens with zero attached hydrogens (tertiary/aromatic N) is 2. The van der Waals surface area contributed by atoms with Crippen molar-refractivity contribution in [1.29, 1.82) is 0 Å². The monoisotopic (exact) mass is 272 g/mol. The third kappa shape index (κ3) is 1.92. The number of halogens is 1. The molecular weight excluding hydrogens is 259 g/mol. The first-order valence-corrected chi connectivity index (χ1v) is 6.15. The molecule has 0 unspecified atom stereocenters. The minimum atomic E-state index is -0.420. The molecule has 1 aromatic carbocycles. The number of benzene rings is 1. The molecule has 0 bridgehead atoms. The van der Waals surface area contributed by atoms with Gasteiger partial charge in [0.05, 0.1) is 25.1 Å². The smallest absolute Gasteiger partial charge is 0.174 e. The van der Waals surface area contributed by atoms with Gasteiger partial charge < -0.3 is 9.84 Å². The Bertz CT molecular complexity index is 768. The van der Waals surface area contributed by atoms with Gasteiger partial charge in [-0.15, -0.1) is 0 Å². The summed E-state index contributed by atoms with van der Waals surface area (Å²) in [6.45, 7) is -0.225. The maximum Gasteiger partial charge on any atom is 0.174 e. The molecule has 0 spiro atoms. The molecule has 2 heterocycles. The molecule has 0 aliphatic heterocycles. The second-order valence-electron chi connectivity index (χ2n) is 4.35. The van der Waals surface area contributed by atoms with Crippen molar-refractivity contribution in [3.05, 3.63) is 54.1 Å². The topological polar surface area (TPSA) is 46.8 Å². The minimum absolute atomic E-state index is 0.203. The van der Waals surface area contributed by atoms with Crippen molar-refractivity contribution in [1.82, 2.24) is 9.38 Å². The molecule has 0 radical (unpaired) electrons. The van der Waals surface area contributed by atoms with Gasteiger partial charge in [0, 0.05) is 11.8 Å². The van der Waals surface area contributed by atoms with Gasteiger partial charge in [0.1, 0.15) is 5.75 Å². The summed E-state index contributed by atoms with van der Waals surface area (Å²) in [5.74, 6) is 0.264. The molecule has 0 fully saturated rings. The maximum atomic E-state index is 13.8. The Morgan fingerprint density at radius 3 is 2.90 bits per heavy atom. The van der Waals surface area contributed by atoms with Crippen LogP contribution in [0.1, 0.15) is 5.69 Å². The van der Waals surface area contributed by atoms with Crippen LogP contribution in [-0.4, -0.2) is 21.6 Å². The normalized spacial score (nSPS) is 10.9. The Morgan fingerprint density at radius 2 is 2.15 bits per heavy atom. The third-order valence-electron chi connectivity index (χ3n) is 3.19. The van der Waals surface area contributed by atoms with E-state index in [0.717, 1.165) is 5.56 Å². The lowest BCUT2D eigenvalue weighted by Crippen LogP contribution is -1.95. The zero-order valence-electron chi connectivity index (χ0n) is 10.9. The predicted molar refractivity (Wildman–Crippen MR) is 73.1 cm³/mol. The molecule has 0 aliphatic carbocycles. The van der Waals surface area contributed by atoms with Gasteiger partial charge in [0.15, 0.2) is 11.5 Å². The van der Waals surface area contributed by atoms with Crippen molar-refractivity contribution >= 4 is 5.65 Å². The van der Waals surface area contributed by atoms with Gasteiger partial charge in [-0.1, -0.05) is 12.1 Å². The van der Waals surface area contributed by atoms with Gasteiger partial charge in [-0.05, 0) is 24.3 Å². The summed E-state index contributed by atoms with van der Waals surface area (Å²) in [5.41, 5.74) is 2.08. The molecule has 102 valence electrons. The van der Waals surface area contributed by atoms with E-state index in [4.69, 9.17) is 4.74 Å². The summed E-state index contributed by atoms with van der Waals surface area (Å²) in [6.07, 6.45) is 1.68. The second-order valence-corrected chi connectivity index (χ2v) is 4.35. The average Bonchev–Trinajstić information content (AvgIpc) is 2.87. The predicted octanol–water partition coefficient (Wildman–Crippen LogP) is 2.64. The highest BCUT2D eigenvalue weighted by Crippen LogP contribution is 2.28. The molecular formula is C15H13FN2O2. The van der Waals surface area contributed by atoms with E-state index in [-0.39, 0.29) is 12.3 Å². The SMILES string of the molecule is COc1cccc(-c2nc3c(F)cccn3c2CO)c1. The highest BCUT2D eigenvalue weighted by atomic mass is 19.1. The van der Waals surface area contributed by atoms with Gasteiger partial charge >= 0.3 is 0 Å². The van der Waals surface area contributed by atoms with E-state index in [1.54, 1.807) is 29.8 Å². The Labute approximate surface area is 115 Å². The Kier molecular flexibility index (Phi) is 3.12. The number of aromatic nitrogens is 2. The number of methoxy groups -OCH3 is 1. The molecule has 0 saturated carbocycles. The molecule has 1 N–H and O–H groups in total. The second kappa shape index (κ2) is 4.94. The quantitative estimate of drug-likeness (QED) is 0.797. The standard InChI is InChI=1S/C15H13FN2O2/c1-20-11-5-2-4-10(8-11)14-13(9-19)18-7-3-6-12(16)15(18)17-14/h2-8,19H,9H2,1H3. The lowest BCUT2D eigenvalue weighted by molar-refractivity contribution is 0.276. The lowest BCUT2D eigenvalue weighted by atomic mass is 10.1. The van der Waals surface area contributed by atoms with E-state index in [0.29, 0.717) is 17.1 Å². The molecule has 4 nitrogen and oxygen atoms in total. The molecule has 20 heavy (non-hydrogen) atoms. The van der Waals surface area contributed by atoms with Gasteiger partial charge in [0.2, 0.25) is 0 Å². The van der Waals surface area contributed by atoms with Crippen LogP contribution < -0.4 is 4.74 Å². The highest BCUT2D eigenvalue weighted by molar-refractivity contribution is 5.68. The van der Waals surface area contributed by atoms with Crippen molar-refractivity contribution in [3.8, 4) is 17.0 Å². The fourth-order valence-corrected chi connectivity index (χ4v) is 2.24. The largest absolute Gasteiger partial charge is 0.497 e. The molecule has 5 heteroatoms. The van der Waals surface area contributed by atoms with Crippen molar-refractivity contribution in [2.24, 2.45) is 0 Å². The van der Waals surface area contributed by atoms with E-state index in [9.17, 15) is 9.50 Å². The summed E-state index contributed by atoms with van der Waals surface area (Å²) >= 11 is 0. The number of ether oxygens (including phenoxy) is 1. The van der Waals surface area contributed by atoms with Crippen molar-refractivity contribution < 1.29 is 14.2 Å². The Morgan fingerprint density at radius 1 is 1.30 bits per heavy atom. The summed E-state index contributed by atoms with van der Waals surface area (Å²) in [7, 11) is 1.58. The van der Waals surface area contributed by atoms with Crippen LogP contribution in [-0.2, 0) is 6.61 Å². The third-order valence-corrected chi connectivity index (χ3v) is 3.19. The number of aliphatic hydroxyl groups excluding tert-OH is 1. The lowest BCUT2D eigenvalue weighted by Gasteiger charge is -2.04. The summed E-state index contributed by atoms with van der Waals surface area (Å²) in [4.78, 5) is 4.30. The fourth-order valence-electron chi connectivity index (χ4n) is 2.24. The van der Waals surface area contributed by atoms with E-state index in [2.05, 4.69) is 4.98 Å². The number of imidazole rings is 1. The van der Waals surface area contributed by atoms with Crippen molar-refractivity contribution in [2.75, 3.05) is 7.11 Å². The first-order valence-electron chi connectivity index (χ1n) is 6.15. The molecule has 0 aliphatic rings. The van der Waals surface area contributed by atoms with Crippen LogP contribution in [0.3, 0.4) is 0 Å². The average molecular weight is 272 g/mol. The van der Waals surface area contributed by atoms with Gasteiger partial charge in [-0.3, -0.25) is 4.40 Å². The van der Waals surface area contributed by atoms with Crippen LogP contribution in [0.5, 0.6) is 5.75 Å². The molecule has 3 aromatic rings. The number of pyridine rings is 1. The van der Waals surface area contributed by atoms with E-state index in [1.807, 2.05) is 18.2 Å². The van der Waals surface area contributed by atoms with Crippen LogP contribution in [0.25, 0.3) is 16.9 Å². The molecule has 0 saturated heterocycles. The van der Waals surface area contributed by atoms with Crippen LogP contribution in [0.2, 0.25) is 0 Å². The summed E-state index contributed by atoms with van der Waals surface area (Å²) in [5, 5.41) is 9.57. The fraction of sp³-hybridized carbons (Fsp3) is 0.133. The van der Waals surface area contributed by atoms with E-state index in [1.165, 1.54) is 6.07 Å². The molecule has 3 rings (SSSR count). The van der Waals surface area contributed by atoms with Crippen LogP contribution in [0.15, 0.2) is 42.6 Å². The zero-order valence-corrected chi connectivity index (χ0v) is 10.9. The maximum absolute atomic E-state index is 13.8. The van der Waals surface area contributed by atoms with Gasteiger partial charge in [0.25, 0.3) is 0 Å². The van der Waals surface area contributed by atoms with Crippen LogP contribution in [0, 0.1) is 5.82 Å². The first-order chi connectivity index (χ1) is 9.74. The van der Waals surface area contributed by atoms with Crippen LogP contribution in [0.4, 0.5) is 4.39 Å². The number of rotatable bonds is 3. The van der Waals surface area contributed by atoms with Crippen LogP contribution >= 0.6 is 0 Å². The van der Waals surface area contributed by atoms with E-state index >= 15 is 0 Å². The minimum Gasteiger partial charge on any atom is -0.497 e. The van der Waals surface area contributed by atoms with Gasteiger partial charge in [-0.2, -0.15) is 0 Å². The number of hydrogen-bond acceptors (Lipinski definition) is 3. The zero-order chi connectivity index (χ0) is 14.1. The number of fused-ring (bicyclic) bond motifs is 1. The molecule has 0 atom stereocenters.